The van der Waals surface area contributed by atoms with Gasteiger partial charge in [0.1, 0.15) is 5.82 Å². The molecule has 0 saturated heterocycles. The van der Waals surface area contributed by atoms with E-state index in [1.807, 2.05) is 6.20 Å². The molecule has 0 N–H and O–H groups in total. The van der Waals surface area contributed by atoms with Crippen LogP contribution in [0.15, 0.2) is 36.7 Å². The highest BCUT2D eigenvalue weighted by molar-refractivity contribution is 5.64. The molecule has 0 radical (unpaired) electrons. The molecule has 0 saturated carbocycles. The molecule has 0 bridgehead atoms. The molecule has 1 aliphatic heterocycles. The van der Waals surface area contributed by atoms with Gasteiger partial charge >= 0.3 is 0 Å². The molecule has 15 heavy (non-hydrogen) atoms. The fourth-order valence-electron chi connectivity index (χ4n) is 2.46. The van der Waals surface area contributed by atoms with Crippen molar-refractivity contribution in [2.75, 3.05) is 0 Å². The lowest BCUT2D eigenvalue weighted by molar-refractivity contribution is 0.426. The van der Waals surface area contributed by atoms with E-state index in [-0.39, 0.29) is 5.41 Å². The van der Waals surface area contributed by atoms with Crippen molar-refractivity contribution in [3.05, 3.63) is 42.2 Å². The van der Waals surface area contributed by atoms with Crippen molar-refractivity contribution < 1.29 is 0 Å². The van der Waals surface area contributed by atoms with E-state index in [9.17, 15) is 0 Å². The van der Waals surface area contributed by atoms with E-state index in [2.05, 4.69) is 53.9 Å². The van der Waals surface area contributed by atoms with Gasteiger partial charge in [-0.25, -0.2) is 4.98 Å². The Kier molecular flexibility index (Phi) is 1.58. The van der Waals surface area contributed by atoms with Gasteiger partial charge in [0.2, 0.25) is 0 Å². The first-order chi connectivity index (χ1) is 7.18. The average Bonchev–Trinajstić information content (AvgIpc) is 2.65. The van der Waals surface area contributed by atoms with E-state index in [4.69, 9.17) is 0 Å². The zero-order valence-corrected chi connectivity index (χ0v) is 9.07. The van der Waals surface area contributed by atoms with Crippen molar-refractivity contribution in [2.45, 2.75) is 25.8 Å². The maximum absolute atomic E-state index is 4.43. The number of rotatable bonds is 0. The SMILES string of the molecule is CC1(C)Cn2ccnc2-c2ccccc21. The average molecular weight is 198 g/mol. The molecule has 1 aromatic heterocycles. The summed E-state index contributed by atoms with van der Waals surface area (Å²) >= 11 is 0. The summed E-state index contributed by atoms with van der Waals surface area (Å²) in [5.74, 6) is 1.10. The lowest BCUT2D eigenvalue weighted by Gasteiger charge is -2.33. The summed E-state index contributed by atoms with van der Waals surface area (Å²) in [5.41, 5.74) is 2.88. The predicted molar refractivity (Wildman–Crippen MR) is 60.7 cm³/mol. The fourth-order valence-corrected chi connectivity index (χ4v) is 2.46. The molecular weight excluding hydrogens is 184 g/mol. The summed E-state index contributed by atoms with van der Waals surface area (Å²) in [6.07, 6.45) is 3.94. The third-order valence-corrected chi connectivity index (χ3v) is 3.18. The number of benzene rings is 1. The molecule has 2 aromatic rings. The number of hydrogen-bond acceptors (Lipinski definition) is 1. The third-order valence-electron chi connectivity index (χ3n) is 3.18. The first-order valence-corrected chi connectivity index (χ1v) is 5.29. The van der Waals surface area contributed by atoms with Crippen LogP contribution in [0, 0.1) is 0 Å². The Hall–Kier alpha value is -1.57. The van der Waals surface area contributed by atoms with Gasteiger partial charge in [0.15, 0.2) is 0 Å². The molecule has 0 amide bonds. The van der Waals surface area contributed by atoms with Gasteiger partial charge in [-0.15, -0.1) is 0 Å². The summed E-state index contributed by atoms with van der Waals surface area (Å²) in [6, 6.07) is 8.57. The molecule has 0 spiro atoms. The highest BCUT2D eigenvalue weighted by Crippen LogP contribution is 2.38. The van der Waals surface area contributed by atoms with E-state index in [0.717, 1.165) is 12.4 Å². The summed E-state index contributed by atoms with van der Waals surface area (Å²) in [5, 5.41) is 0. The molecule has 0 atom stereocenters. The van der Waals surface area contributed by atoms with Crippen molar-refractivity contribution in [3.8, 4) is 11.4 Å². The van der Waals surface area contributed by atoms with Gasteiger partial charge in [0.05, 0.1) is 0 Å². The van der Waals surface area contributed by atoms with Crippen LogP contribution in [0.3, 0.4) is 0 Å². The Morgan fingerprint density at radius 2 is 2.07 bits per heavy atom. The molecule has 1 aliphatic rings. The molecule has 0 fully saturated rings. The number of imidazole rings is 1. The summed E-state index contributed by atoms with van der Waals surface area (Å²) in [4.78, 5) is 4.43. The Labute approximate surface area is 89.6 Å². The number of hydrogen-bond donors (Lipinski definition) is 0. The van der Waals surface area contributed by atoms with Crippen molar-refractivity contribution >= 4 is 0 Å². The smallest absolute Gasteiger partial charge is 0.140 e. The van der Waals surface area contributed by atoms with Gasteiger partial charge < -0.3 is 4.57 Å². The maximum Gasteiger partial charge on any atom is 0.140 e. The number of fused-ring (bicyclic) bond motifs is 3. The minimum atomic E-state index is 0.199. The second kappa shape index (κ2) is 2.72. The van der Waals surface area contributed by atoms with Crippen LogP contribution < -0.4 is 0 Å². The highest BCUT2D eigenvalue weighted by Gasteiger charge is 2.30. The zero-order valence-electron chi connectivity index (χ0n) is 9.07. The van der Waals surface area contributed by atoms with Crippen LogP contribution in [0.2, 0.25) is 0 Å². The van der Waals surface area contributed by atoms with E-state index >= 15 is 0 Å². The van der Waals surface area contributed by atoms with Gasteiger partial charge in [-0.2, -0.15) is 0 Å². The van der Waals surface area contributed by atoms with E-state index < -0.39 is 0 Å². The number of aromatic nitrogens is 2. The molecular formula is C13H14N2. The largest absolute Gasteiger partial charge is 0.330 e. The lowest BCUT2D eigenvalue weighted by Crippen LogP contribution is -2.29. The van der Waals surface area contributed by atoms with Gasteiger partial charge in [0, 0.05) is 29.9 Å². The summed E-state index contributed by atoms with van der Waals surface area (Å²) < 4.78 is 2.24. The van der Waals surface area contributed by atoms with Crippen LogP contribution in [-0.4, -0.2) is 9.55 Å². The molecule has 2 nitrogen and oxygen atoms in total. The van der Waals surface area contributed by atoms with Crippen molar-refractivity contribution in [3.63, 3.8) is 0 Å². The normalized spacial score (nSPS) is 16.9. The minimum absolute atomic E-state index is 0.199. The van der Waals surface area contributed by atoms with Gasteiger partial charge in [0.25, 0.3) is 0 Å². The Morgan fingerprint density at radius 3 is 2.93 bits per heavy atom. The van der Waals surface area contributed by atoms with Crippen molar-refractivity contribution in [2.24, 2.45) is 0 Å². The highest BCUT2D eigenvalue weighted by atomic mass is 15.1. The molecule has 1 aromatic carbocycles. The van der Waals surface area contributed by atoms with Crippen molar-refractivity contribution in [1.82, 2.24) is 9.55 Å². The van der Waals surface area contributed by atoms with Crippen LogP contribution in [-0.2, 0) is 12.0 Å². The maximum atomic E-state index is 4.43. The summed E-state index contributed by atoms with van der Waals surface area (Å²) in [6.45, 7) is 5.59. The van der Waals surface area contributed by atoms with Gasteiger partial charge in [-0.05, 0) is 5.56 Å². The van der Waals surface area contributed by atoms with Crippen LogP contribution in [0.25, 0.3) is 11.4 Å². The quantitative estimate of drug-likeness (QED) is 0.636. The van der Waals surface area contributed by atoms with Crippen LogP contribution in [0.1, 0.15) is 19.4 Å². The van der Waals surface area contributed by atoms with E-state index in [0.29, 0.717) is 0 Å². The second-order valence-corrected chi connectivity index (χ2v) is 4.81. The molecule has 76 valence electrons. The van der Waals surface area contributed by atoms with Crippen molar-refractivity contribution in [1.29, 1.82) is 0 Å². The Balaban J connectivity index is 2.34. The fraction of sp³-hybridized carbons (Fsp3) is 0.308. The molecule has 2 heterocycles. The Bertz CT molecular complexity index is 509. The predicted octanol–water partition coefficient (Wildman–Crippen LogP) is 2.84. The zero-order chi connectivity index (χ0) is 10.5. The van der Waals surface area contributed by atoms with Gasteiger partial charge in [-0.3, -0.25) is 0 Å². The molecule has 2 heteroatoms. The van der Waals surface area contributed by atoms with Gasteiger partial charge in [-0.1, -0.05) is 38.1 Å². The lowest BCUT2D eigenvalue weighted by atomic mass is 9.79. The molecule has 0 aliphatic carbocycles. The van der Waals surface area contributed by atoms with Crippen LogP contribution in [0.5, 0.6) is 0 Å². The Morgan fingerprint density at radius 1 is 1.27 bits per heavy atom. The monoisotopic (exact) mass is 198 g/mol. The van der Waals surface area contributed by atoms with E-state index in [1.165, 1.54) is 11.1 Å². The molecule has 3 rings (SSSR count). The first kappa shape index (κ1) is 8.72. The number of nitrogens with zero attached hydrogens (tertiary/aromatic N) is 2. The van der Waals surface area contributed by atoms with Crippen LogP contribution >= 0.6 is 0 Å². The third kappa shape index (κ3) is 1.14. The first-order valence-electron chi connectivity index (χ1n) is 5.29. The standard InChI is InChI=1S/C13H14N2/c1-13(2)9-15-8-7-14-12(15)10-5-3-4-6-11(10)13/h3-8H,9H2,1-2H3. The minimum Gasteiger partial charge on any atom is -0.330 e. The molecule has 0 unspecified atom stereocenters. The van der Waals surface area contributed by atoms with Crippen LogP contribution in [0.4, 0.5) is 0 Å². The topological polar surface area (TPSA) is 17.8 Å². The summed E-state index contributed by atoms with van der Waals surface area (Å²) in [7, 11) is 0. The van der Waals surface area contributed by atoms with E-state index in [1.54, 1.807) is 0 Å². The second-order valence-electron chi connectivity index (χ2n) is 4.81.